The van der Waals surface area contributed by atoms with Crippen LogP contribution in [0.3, 0.4) is 0 Å². The number of ether oxygens (including phenoxy) is 2. The van der Waals surface area contributed by atoms with Gasteiger partial charge in [-0.3, -0.25) is 0 Å². The van der Waals surface area contributed by atoms with E-state index in [1.54, 1.807) is 7.11 Å². The first kappa shape index (κ1) is 15.3. The van der Waals surface area contributed by atoms with Crippen molar-refractivity contribution in [2.75, 3.05) is 34.0 Å². The molecular formula is C15H20ClNO3. The van der Waals surface area contributed by atoms with E-state index in [1.807, 2.05) is 31.3 Å². The quantitative estimate of drug-likeness (QED) is 0.759. The van der Waals surface area contributed by atoms with E-state index in [2.05, 4.69) is 5.32 Å². The van der Waals surface area contributed by atoms with Crippen molar-refractivity contribution in [2.24, 2.45) is 0 Å². The molecule has 5 heteroatoms. The van der Waals surface area contributed by atoms with E-state index in [4.69, 9.17) is 25.5 Å². The van der Waals surface area contributed by atoms with Gasteiger partial charge >= 0.3 is 0 Å². The van der Waals surface area contributed by atoms with Gasteiger partial charge in [0.25, 0.3) is 0 Å². The Morgan fingerprint density at radius 2 is 2.10 bits per heavy atom. The minimum Gasteiger partial charge on any atom is -0.459 e. The lowest BCUT2D eigenvalue weighted by Crippen LogP contribution is -2.18. The van der Waals surface area contributed by atoms with Crippen molar-refractivity contribution in [3.8, 4) is 0 Å². The van der Waals surface area contributed by atoms with Crippen LogP contribution in [0.4, 0.5) is 0 Å². The molecule has 0 radical (unpaired) electrons. The summed E-state index contributed by atoms with van der Waals surface area (Å²) < 4.78 is 16.3. The second-order valence-electron chi connectivity index (χ2n) is 4.57. The van der Waals surface area contributed by atoms with Crippen molar-refractivity contribution >= 4 is 22.6 Å². The number of halogens is 1. The summed E-state index contributed by atoms with van der Waals surface area (Å²) in [5.41, 5.74) is 0.852. The van der Waals surface area contributed by atoms with E-state index in [0.717, 1.165) is 23.2 Å². The fourth-order valence-corrected chi connectivity index (χ4v) is 2.26. The average molecular weight is 298 g/mol. The Balaban J connectivity index is 1.98. The monoisotopic (exact) mass is 297 g/mol. The number of benzene rings is 1. The molecule has 1 heterocycles. The topological polar surface area (TPSA) is 43.6 Å². The smallest absolute Gasteiger partial charge is 0.134 e. The molecule has 2 aromatic rings. The van der Waals surface area contributed by atoms with E-state index in [0.29, 0.717) is 24.8 Å². The molecule has 4 nitrogen and oxygen atoms in total. The first-order valence-electron chi connectivity index (χ1n) is 6.67. The molecule has 0 fully saturated rings. The van der Waals surface area contributed by atoms with Gasteiger partial charge in [-0.25, -0.2) is 0 Å². The normalized spacial score (nSPS) is 12.9. The summed E-state index contributed by atoms with van der Waals surface area (Å²) in [4.78, 5) is 0. The average Bonchev–Trinajstić information content (AvgIpc) is 2.85. The van der Waals surface area contributed by atoms with Gasteiger partial charge in [0.1, 0.15) is 11.3 Å². The molecule has 0 saturated carbocycles. The van der Waals surface area contributed by atoms with Crippen molar-refractivity contribution in [3.63, 3.8) is 0 Å². The number of furan rings is 1. The van der Waals surface area contributed by atoms with E-state index in [-0.39, 0.29) is 6.04 Å². The molecule has 1 aromatic heterocycles. The molecule has 1 N–H and O–H groups in total. The summed E-state index contributed by atoms with van der Waals surface area (Å²) in [5.74, 6) is 0.903. The lowest BCUT2D eigenvalue weighted by molar-refractivity contribution is 0.0652. The highest BCUT2D eigenvalue weighted by Crippen LogP contribution is 2.27. The maximum Gasteiger partial charge on any atom is 0.134 e. The Kier molecular flexibility index (Phi) is 5.86. The molecule has 1 aromatic carbocycles. The largest absolute Gasteiger partial charge is 0.459 e. The van der Waals surface area contributed by atoms with Crippen molar-refractivity contribution in [1.82, 2.24) is 5.32 Å². The minimum absolute atomic E-state index is 0.128. The highest BCUT2D eigenvalue weighted by molar-refractivity contribution is 6.31. The van der Waals surface area contributed by atoms with Gasteiger partial charge in [-0.1, -0.05) is 11.6 Å². The van der Waals surface area contributed by atoms with Gasteiger partial charge in [0.15, 0.2) is 0 Å². The number of methoxy groups -OCH3 is 1. The summed E-state index contributed by atoms with van der Waals surface area (Å²) in [5, 5.41) is 4.98. The van der Waals surface area contributed by atoms with Gasteiger partial charge in [-0.2, -0.15) is 0 Å². The molecule has 0 aliphatic heterocycles. The number of nitrogens with one attached hydrogen (secondary N) is 1. The summed E-state index contributed by atoms with van der Waals surface area (Å²) in [6.07, 6.45) is 0.841. The molecule has 0 spiro atoms. The fourth-order valence-electron chi connectivity index (χ4n) is 2.08. The zero-order valence-corrected chi connectivity index (χ0v) is 12.6. The molecule has 0 bridgehead atoms. The van der Waals surface area contributed by atoms with E-state index >= 15 is 0 Å². The lowest BCUT2D eigenvalue weighted by atomic mass is 10.1. The van der Waals surface area contributed by atoms with Crippen LogP contribution in [0.2, 0.25) is 5.02 Å². The van der Waals surface area contributed by atoms with E-state index in [1.165, 1.54) is 0 Å². The van der Waals surface area contributed by atoms with Gasteiger partial charge in [0, 0.05) is 24.1 Å². The Hall–Kier alpha value is -1.07. The van der Waals surface area contributed by atoms with Crippen LogP contribution in [0.25, 0.3) is 11.0 Å². The van der Waals surface area contributed by atoms with E-state index in [9.17, 15) is 0 Å². The van der Waals surface area contributed by atoms with Gasteiger partial charge < -0.3 is 19.2 Å². The van der Waals surface area contributed by atoms with Gasteiger partial charge in [0.2, 0.25) is 0 Å². The Bertz CT molecular complexity index is 541. The van der Waals surface area contributed by atoms with Crippen molar-refractivity contribution < 1.29 is 13.9 Å². The third-order valence-corrected chi connectivity index (χ3v) is 3.41. The summed E-state index contributed by atoms with van der Waals surface area (Å²) >= 11 is 5.98. The number of hydrogen-bond acceptors (Lipinski definition) is 4. The predicted octanol–water partition coefficient (Wildman–Crippen LogP) is 3.40. The van der Waals surface area contributed by atoms with Crippen LogP contribution < -0.4 is 5.32 Å². The SMILES string of the molecule is CNC(CCOCCOC)c1cc2cc(Cl)ccc2o1. The van der Waals surface area contributed by atoms with Crippen LogP contribution in [0.15, 0.2) is 28.7 Å². The number of fused-ring (bicyclic) bond motifs is 1. The molecule has 2 rings (SSSR count). The van der Waals surface area contributed by atoms with Crippen LogP contribution in [0.1, 0.15) is 18.2 Å². The first-order valence-corrected chi connectivity index (χ1v) is 7.05. The van der Waals surface area contributed by atoms with Crippen LogP contribution in [-0.4, -0.2) is 34.0 Å². The molecule has 0 aliphatic rings. The van der Waals surface area contributed by atoms with Gasteiger partial charge in [0.05, 0.1) is 19.3 Å². The first-order chi connectivity index (χ1) is 9.74. The van der Waals surface area contributed by atoms with Gasteiger partial charge in [-0.15, -0.1) is 0 Å². The molecule has 110 valence electrons. The lowest BCUT2D eigenvalue weighted by Gasteiger charge is -2.13. The summed E-state index contributed by atoms with van der Waals surface area (Å²) in [7, 11) is 3.58. The highest BCUT2D eigenvalue weighted by atomic mass is 35.5. The highest BCUT2D eigenvalue weighted by Gasteiger charge is 2.14. The molecule has 0 amide bonds. The molecule has 0 saturated heterocycles. The van der Waals surface area contributed by atoms with Gasteiger partial charge in [-0.05, 0) is 37.7 Å². The van der Waals surface area contributed by atoms with Crippen LogP contribution in [0.5, 0.6) is 0 Å². The third-order valence-electron chi connectivity index (χ3n) is 3.17. The molecular weight excluding hydrogens is 278 g/mol. The van der Waals surface area contributed by atoms with Crippen LogP contribution in [0, 0.1) is 0 Å². The zero-order valence-electron chi connectivity index (χ0n) is 11.8. The maximum atomic E-state index is 5.98. The maximum absolute atomic E-state index is 5.98. The van der Waals surface area contributed by atoms with Crippen molar-refractivity contribution in [3.05, 3.63) is 35.0 Å². The molecule has 1 atom stereocenters. The van der Waals surface area contributed by atoms with Crippen LogP contribution in [-0.2, 0) is 9.47 Å². The second-order valence-corrected chi connectivity index (χ2v) is 5.00. The fraction of sp³-hybridized carbons (Fsp3) is 0.467. The second kappa shape index (κ2) is 7.64. The minimum atomic E-state index is 0.128. The van der Waals surface area contributed by atoms with Crippen LogP contribution >= 0.6 is 11.6 Å². The Labute approximate surface area is 124 Å². The number of rotatable bonds is 8. The zero-order chi connectivity index (χ0) is 14.4. The summed E-state index contributed by atoms with van der Waals surface area (Å²) in [6, 6.07) is 7.79. The van der Waals surface area contributed by atoms with Crippen molar-refractivity contribution in [2.45, 2.75) is 12.5 Å². The van der Waals surface area contributed by atoms with Crippen molar-refractivity contribution in [1.29, 1.82) is 0 Å². The Morgan fingerprint density at radius 3 is 2.85 bits per heavy atom. The predicted molar refractivity (Wildman–Crippen MR) is 80.3 cm³/mol. The molecule has 1 unspecified atom stereocenters. The molecule has 20 heavy (non-hydrogen) atoms. The number of hydrogen-bond donors (Lipinski definition) is 1. The Morgan fingerprint density at radius 1 is 1.25 bits per heavy atom. The molecule has 0 aliphatic carbocycles. The summed E-state index contributed by atoms with van der Waals surface area (Å²) in [6.45, 7) is 1.89. The van der Waals surface area contributed by atoms with E-state index < -0.39 is 0 Å². The standard InChI is InChI=1S/C15H20ClNO3/c1-17-13(5-6-19-8-7-18-2)15-10-11-9-12(16)3-4-14(11)20-15/h3-4,9-10,13,17H,5-8H2,1-2H3. The third kappa shape index (κ3) is 3.96.